The summed E-state index contributed by atoms with van der Waals surface area (Å²) in [4.78, 5) is 0. The van der Waals surface area contributed by atoms with Crippen LogP contribution in [-0.2, 0) is 0 Å². The van der Waals surface area contributed by atoms with Crippen LogP contribution in [0.3, 0.4) is 0 Å². The maximum absolute atomic E-state index is 10.5. The van der Waals surface area contributed by atoms with E-state index in [1.807, 2.05) is 19.1 Å². The highest BCUT2D eigenvalue weighted by Gasteiger charge is 2.13. The zero-order valence-electron chi connectivity index (χ0n) is 12.1. The Morgan fingerprint density at radius 1 is 0.842 bits per heavy atom. The number of aliphatic hydroxyl groups excluding tert-OH is 1. The summed E-state index contributed by atoms with van der Waals surface area (Å²) in [5.41, 5.74) is 5.57. The predicted molar refractivity (Wildman–Crippen MR) is 80.5 cm³/mol. The summed E-state index contributed by atoms with van der Waals surface area (Å²) in [5, 5.41) is 10.5. The first-order valence-electron chi connectivity index (χ1n) is 6.84. The Labute approximate surface area is 115 Å². The number of hydrogen-bond acceptors (Lipinski definition) is 1. The van der Waals surface area contributed by atoms with Crippen molar-refractivity contribution in [2.75, 3.05) is 0 Å². The van der Waals surface area contributed by atoms with Crippen LogP contribution in [0.25, 0.3) is 0 Å². The van der Waals surface area contributed by atoms with Gasteiger partial charge in [-0.1, -0.05) is 61.9 Å². The summed E-state index contributed by atoms with van der Waals surface area (Å²) in [7, 11) is 0. The normalized spacial score (nSPS) is 12.7. The fourth-order valence-corrected chi connectivity index (χ4v) is 2.30. The van der Waals surface area contributed by atoms with Gasteiger partial charge in [-0.25, -0.2) is 0 Å². The minimum Gasteiger partial charge on any atom is -0.384 e. The lowest BCUT2D eigenvalue weighted by Gasteiger charge is -2.16. The van der Waals surface area contributed by atoms with E-state index in [2.05, 4.69) is 51.1 Å². The molecular formula is C18H22O. The molecule has 0 radical (unpaired) electrons. The zero-order chi connectivity index (χ0) is 14.0. The topological polar surface area (TPSA) is 20.2 Å². The van der Waals surface area contributed by atoms with Gasteiger partial charge in [0.2, 0.25) is 0 Å². The molecule has 0 aromatic heterocycles. The molecule has 1 heteroatoms. The van der Waals surface area contributed by atoms with Crippen molar-refractivity contribution in [2.24, 2.45) is 0 Å². The fraction of sp³-hybridized carbons (Fsp3) is 0.333. The van der Waals surface area contributed by atoms with E-state index in [0.29, 0.717) is 5.92 Å². The molecule has 1 nitrogen and oxygen atoms in total. The van der Waals surface area contributed by atoms with Crippen molar-refractivity contribution in [3.8, 4) is 0 Å². The van der Waals surface area contributed by atoms with Crippen LogP contribution < -0.4 is 0 Å². The number of hydrogen-bond donors (Lipinski definition) is 1. The minimum atomic E-state index is -0.541. The number of aryl methyl sites for hydroxylation is 2. The van der Waals surface area contributed by atoms with E-state index in [4.69, 9.17) is 0 Å². The van der Waals surface area contributed by atoms with Crippen LogP contribution in [0.4, 0.5) is 0 Å². The highest BCUT2D eigenvalue weighted by atomic mass is 16.3. The lowest BCUT2D eigenvalue weighted by molar-refractivity contribution is 0.219. The molecule has 0 fully saturated rings. The Kier molecular flexibility index (Phi) is 4.06. The molecule has 1 unspecified atom stereocenters. The van der Waals surface area contributed by atoms with Crippen molar-refractivity contribution >= 4 is 0 Å². The smallest absolute Gasteiger partial charge is 0.104 e. The quantitative estimate of drug-likeness (QED) is 0.854. The molecule has 2 aromatic carbocycles. The summed E-state index contributed by atoms with van der Waals surface area (Å²) in [5.74, 6) is 0.520. The molecule has 0 bridgehead atoms. The molecule has 0 amide bonds. The van der Waals surface area contributed by atoms with Gasteiger partial charge in [-0.05, 0) is 42.0 Å². The van der Waals surface area contributed by atoms with Gasteiger partial charge < -0.3 is 5.11 Å². The van der Waals surface area contributed by atoms with Gasteiger partial charge in [0.1, 0.15) is 6.10 Å². The Hall–Kier alpha value is -1.60. The maximum atomic E-state index is 10.5. The molecular weight excluding hydrogens is 232 g/mol. The first-order chi connectivity index (χ1) is 8.99. The summed E-state index contributed by atoms with van der Waals surface area (Å²) < 4.78 is 0. The highest BCUT2D eigenvalue weighted by molar-refractivity contribution is 5.38. The summed E-state index contributed by atoms with van der Waals surface area (Å²) in [6, 6.07) is 14.5. The third-order valence-electron chi connectivity index (χ3n) is 3.65. The maximum Gasteiger partial charge on any atom is 0.104 e. The van der Waals surface area contributed by atoms with Crippen LogP contribution in [0.1, 0.15) is 53.7 Å². The van der Waals surface area contributed by atoms with E-state index >= 15 is 0 Å². The Bertz CT molecular complexity index is 552. The number of aliphatic hydroxyl groups is 1. The Morgan fingerprint density at radius 3 is 2.00 bits per heavy atom. The SMILES string of the molecule is Cc1ccc(C)c(C(O)c2ccc(C(C)C)cc2)c1. The van der Waals surface area contributed by atoms with Gasteiger partial charge in [0.15, 0.2) is 0 Å². The first-order valence-corrected chi connectivity index (χ1v) is 6.84. The molecule has 0 heterocycles. The van der Waals surface area contributed by atoms with E-state index in [-0.39, 0.29) is 0 Å². The minimum absolute atomic E-state index is 0.520. The predicted octanol–water partition coefficient (Wildman–Crippen LogP) is 4.51. The molecule has 0 aliphatic carbocycles. The Morgan fingerprint density at radius 2 is 1.42 bits per heavy atom. The molecule has 0 aliphatic heterocycles. The summed E-state index contributed by atoms with van der Waals surface area (Å²) >= 11 is 0. The molecule has 19 heavy (non-hydrogen) atoms. The second kappa shape index (κ2) is 5.58. The van der Waals surface area contributed by atoms with Gasteiger partial charge in [-0.15, -0.1) is 0 Å². The molecule has 0 spiro atoms. The largest absolute Gasteiger partial charge is 0.384 e. The fourth-order valence-electron chi connectivity index (χ4n) is 2.30. The molecule has 0 saturated heterocycles. The number of benzene rings is 2. The average molecular weight is 254 g/mol. The van der Waals surface area contributed by atoms with Crippen LogP contribution in [-0.4, -0.2) is 5.11 Å². The molecule has 1 N–H and O–H groups in total. The molecule has 2 rings (SSSR count). The van der Waals surface area contributed by atoms with Crippen molar-refractivity contribution in [1.82, 2.24) is 0 Å². The van der Waals surface area contributed by atoms with Crippen LogP contribution in [0.2, 0.25) is 0 Å². The molecule has 0 saturated carbocycles. The van der Waals surface area contributed by atoms with E-state index in [9.17, 15) is 5.11 Å². The van der Waals surface area contributed by atoms with Gasteiger partial charge in [-0.2, -0.15) is 0 Å². The van der Waals surface area contributed by atoms with E-state index in [0.717, 1.165) is 16.7 Å². The highest BCUT2D eigenvalue weighted by Crippen LogP contribution is 2.27. The summed E-state index contributed by atoms with van der Waals surface area (Å²) in [6.07, 6.45) is -0.541. The third kappa shape index (κ3) is 3.05. The van der Waals surface area contributed by atoms with Crippen LogP contribution in [0.15, 0.2) is 42.5 Å². The van der Waals surface area contributed by atoms with E-state index < -0.39 is 6.10 Å². The van der Waals surface area contributed by atoms with Crippen molar-refractivity contribution in [3.63, 3.8) is 0 Å². The molecule has 0 aliphatic rings. The average Bonchev–Trinajstić information content (AvgIpc) is 2.41. The number of rotatable bonds is 3. The van der Waals surface area contributed by atoms with Crippen molar-refractivity contribution < 1.29 is 5.11 Å². The van der Waals surface area contributed by atoms with Crippen LogP contribution in [0, 0.1) is 13.8 Å². The van der Waals surface area contributed by atoms with Gasteiger partial charge in [-0.3, -0.25) is 0 Å². The second-order valence-corrected chi connectivity index (χ2v) is 5.58. The van der Waals surface area contributed by atoms with Gasteiger partial charge in [0.05, 0.1) is 0 Å². The van der Waals surface area contributed by atoms with Crippen molar-refractivity contribution in [1.29, 1.82) is 0 Å². The standard InChI is InChI=1S/C18H22O/c1-12(2)15-7-9-16(10-8-15)18(19)17-11-13(3)5-6-14(17)4/h5-12,18-19H,1-4H3. The van der Waals surface area contributed by atoms with E-state index in [1.54, 1.807) is 0 Å². The second-order valence-electron chi connectivity index (χ2n) is 5.58. The van der Waals surface area contributed by atoms with Crippen LogP contribution >= 0.6 is 0 Å². The van der Waals surface area contributed by atoms with Gasteiger partial charge >= 0.3 is 0 Å². The molecule has 2 aromatic rings. The monoisotopic (exact) mass is 254 g/mol. The summed E-state index contributed by atoms with van der Waals surface area (Å²) in [6.45, 7) is 8.45. The van der Waals surface area contributed by atoms with Crippen molar-refractivity contribution in [3.05, 3.63) is 70.3 Å². The molecule has 100 valence electrons. The zero-order valence-corrected chi connectivity index (χ0v) is 12.1. The first kappa shape index (κ1) is 13.8. The third-order valence-corrected chi connectivity index (χ3v) is 3.65. The van der Waals surface area contributed by atoms with Crippen molar-refractivity contribution in [2.45, 2.75) is 39.7 Å². The van der Waals surface area contributed by atoms with Gasteiger partial charge in [0, 0.05) is 0 Å². The lowest BCUT2D eigenvalue weighted by atomic mass is 9.94. The van der Waals surface area contributed by atoms with Gasteiger partial charge in [0.25, 0.3) is 0 Å². The van der Waals surface area contributed by atoms with Crippen LogP contribution in [0.5, 0.6) is 0 Å². The van der Waals surface area contributed by atoms with E-state index in [1.165, 1.54) is 11.1 Å². The Balaban J connectivity index is 2.33. The lowest BCUT2D eigenvalue weighted by Crippen LogP contribution is -2.03. The molecule has 1 atom stereocenters.